The lowest BCUT2D eigenvalue weighted by atomic mass is 10.1. The number of benzene rings is 1. The van der Waals surface area contributed by atoms with Gasteiger partial charge in [-0.25, -0.2) is 0 Å². The summed E-state index contributed by atoms with van der Waals surface area (Å²) in [5.74, 6) is 1.01. The van der Waals surface area contributed by atoms with Gasteiger partial charge in [0, 0.05) is 0 Å². The van der Waals surface area contributed by atoms with Crippen molar-refractivity contribution in [3.05, 3.63) is 29.8 Å². The molecule has 15 heavy (non-hydrogen) atoms. The zero-order valence-corrected chi connectivity index (χ0v) is 9.70. The fourth-order valence-corrected chi connectivity index (χ4v) is 1.62. The van der Waals surface area contributed by atoms with Crippen LogP contribution >= 0.6 is 0 Å². The number of rotatable bonds is 6. The van der Waals surface area contributed by atoms with Gasteiger partial charge in [-0.15, -0.1) is 0 Å². The van der Waals surface area contributed by atoms with Gasteiger partial charge in [-0.3, -0.25) is 0 Å². The van der Waals surface area contributed by atoms with Crippen LogP contribution in [0.3, 0.4) is 0 Å². The molecule has 0 aliphatic heterocycles. The molecule has 0 spiro atoms. The molecule has 0 saturated heterocycles. The second-order valence-corrected chi connectivity index (χ2v) is 3.69. The van der Waals surface area contributed by atoms with Crippen LogP contribution in [0.2, 0.25) is 0 Å². The van der Waals surface area contributed by atoms with Crippen molar-refractivity contribution < 1.29 is 4.74 Å². The van der Waals surface area contributed by atoms with Gasteiger partial charge in [-0.05, 0) is 37.4 Å². The minimum absolute atomic E-state index is 0.252. The molecule has 0 saturated carbocycles. The SMILES string of the molecule is CCc1ccccc1OC(CC)CCN. The third-order valence-corrected chi connectivity index (χ3v) is 2.59. The van der Waals surface area contributed by atoms with Gasteiger partial charge in [-0.2, -0.15) is 0 Å². The van der Waals surface area contributed by atoms with E-state index >= 15 is 0 Å². The molecule has 1 atom stereocenters. The Labute approximate surface area is 92.4 Å². The molecule has 0 aliphatic rings. The summed E-state index contributed by atoms with van der Waals surface area (Å²) in [6, 6.07) is 8.22. The number of hydrogen-bond donors (Lipinski definition) is 1. The summed E-state index contributed by atoms with van der Waals surface area (Å²) in [6.45, 7) is 4.97. The standard InChI is InChI=1S/C13H21NO/c1-3-11-7-5-6-8-13(11)15-12(4-2)9-10-14/h5-8,12H,3-4,9-10,14H2,1-2H3. The van der Waals surface area contributed by atoms with Crippen LogP contribution in [-0.4, -0.2) is 12.6 Å². The molecule has 0 radical (unpaired) electrons. The van der Waals surface area contributed by atoms with E-state index < -0.39 is 0 Å². The maximum absolute atomic E-state index is 5.95. The Morgan fingerprint density at radius 1 is 1.27 bits per heavy atom. The van der Waals surface area contributed by atoms with Gasteiger partial charge in [0.15, 0.2) is 0 Å². The van der Waals surface area contributed by atoms with Gasteiger partial charge >= 0.3 is 0 Å². The third-order valence-electron chi connectivity index (χ3n) is 2.59. The van der Waals surface area contributed by atoms with Crippen molar-refractivity contribution in [1.29, 1.82) is 0 Å². The third kappa shape index (κ3) is 3.56. The molecule has 2 heteroatoms. The van der Waals surface area contributed by atoms with Crippen LogP contribution in [0.1, 0.15) is 32.3 Å². The van der Waals surface area contributed by atoms with E-state index in [0.717, 1.165) is 25.0 Å². The van der Waals surface area contributed by atoms with E-state index in [1.54, 1.807) is 0 Å². The van der Waals surface area contributed by atoms with Gasteiger partial charge in [0.25, 0.3) is 0 Å². The van der Waals surface area contributed by atoms with Gasteiger partial charge < -0.3 is 10.5 Å². The fourth-order valence-electron chi connectivity index (χ4n) is 1.62. The van der Waals surface area contributed by atoms with Crippen LogP contribution in [-0.2, 0) is 6.42 Å². The van der Waals surface area contributed by atoms with Gasteiger partial charge in [-0.1, -0.05) is 32.0 Å². The van der Waals surface area contributed by atoms with Crippen LogP contribution in [0.4, 0.5) is 0 Å². The Kier molecular flexibility index (Phi) is 5.19. The maximum Gasteiger partial charge on any atom is 0.122 e. The monoisotopic (exact) mass is 207 g/mol. The average Bonchev–Trinajstić information content (AvgIpc) is 2.29. The van der Waals surface area contributed by atoms with E-state index in [0.29, 0.717) is 6.54 Å². The summed E-state index contributed by atoms with van der Waals surface area (Å²) >= 11 is 0. The smallest absolute Gasteiger partial charge is 0.122 e. The van der Waals surface area contributed by atoms with Crippen molar-refractivity contribution in [3.63, 3.8) is 0 Å². The Morgan fingerprint density at radius 2 is 2.00 bits per heavy atom. The highest BCUT2D eigenvalue weighted by atomic mass is 16.5. The number of nitrogens with two attached hydrogens (primary N) is 1. The highest BCUT2D eigenvalue weighted by Gasteiger charge is 2.08. The van der Waals surface area contributed by atoms with Crippen molar-refractivity contribution >= 4 is 0 Å². The lowest BCUT2D eigenvalue weighted by Crippen LogP contribution is -2.20. The second kappa shape index (κ2) is 6.46. The molecular weight excluding hydrogens is 186 g/mol. The maximum atomic E-state index is 5.95. The first-order chi connectivity index (χ1) is 7.31. The molecule has 2 nitrogen and oxygen atoms in total. The molecule has 84 valence electrons. The first-order valence-corrected chi connectivity index (χ1v) is 5.76. The topological polar surface area (TPSA) is 35.2 Å². The highest BCUT2D eigenvalue weighted by molar-refractivity contribution is 5.33. The highest BCUT2D eigenvalue weighted by Crippen LogP contribution is 2.21. The summed E-state index contributed by atoms with van der Waals surface area (Å²) in [5.41, 5.74) is 6.82. The largest absolute Gasteiger partial charge is 0.490 e. The molecule has 0 amide bonds. The normalized spacial score (nSPS) is 12.5. The number of aryl methyl sites for hydroxylation is 1. The molecular formula is C13H21NO. The van der Waals surface area contributed by atoms with E-state index in [1.165, 1.54) is 5.56 Å². The Hall–Kier alpha value is -1.02. The van der Waals surface area contributed by atoms with E-state index in [1.807, 2.05) is 12.1 Å². The summed E-state index contributed by atoms with van der Waals surface area (Å²) in [5, 5.41) is 0. The van der Waals surface area contributed by atoms with Crippen molar-refractivity contribution in [2.45, 2.75) is 39.2 Å². The summed E-state index contributed by atoms with van der Waals surface area (Å²) < 4.78 is 5.95. The Morgan fingerprint density at radius 3 is 2.60 bits per heavy atom. The van der Waals surface area contributed by atoms with Crippen molar-refractivity contribution in [3.8, 4) is 5.75 Å². The molecule has 0 bridgehead atoms. The Bertz CT molecular complexity index is 286. The molecule has 0 heterocycles. The molecule has 1 rings (SSSR count). The predicted octanol–water partition coefficient (Wildman–Crippen LogP) is 2.76. The van der Waals surface area contributed by atoms with E-state index in [-0.39, 0.29) is 6.10 Å². The first-order valence-electron chi connectivity index (χ1n) is 5.76. The van der Waals surface area contributed by atoms with E-state index in [9.17, 15) is 0 Å². The van der Waals surface area contributed by atoms with Gasteiger partial charge in [0.2, 0.25) is 0 Å². The quantitative estimate of drug-likeness (QED) is 0.778. The zero-order valence-electron chi connectivity index (χ0n) is 9.70. The molecule has 1 unspecified atom stereocenters. The number of para-hydroxylation sites is 1. The second-order valence-electron chi connectivity index (χ2n) is 3.69. The fraction of sp³-hybridized carbons (Fsp3) is 0.538. The average molecular weight is 207 g/mol. The van der Waals surface area contributed by atoms with Crippen LogP contribution in [0, 0.1) is 0 Å². The molecule has 0 fully saturated rings. The predicted molar refractivity (Wildman–Crippen MR) is 64.2 cm³/mol. The molecule has 1 aromatic carbocycles. The minimum Gasteiger partial charge on any atom is -0.490 e. The van der Waals surface area contributed by atoms with Crippen LogP contribution in [0.25, 0.3) is 0 Å². The molecule has 0 aliphatic carbocycles. The van der Waals surface area contributed by atoms with Crippen molar-refractivity contribution in [1.82, 2.24) is 0 Å². The first kappa shape index (κ1) is 12.1. The van der Waals surface area contributed by atoms with Crippen LogP contribution in [0.5, 0.6) is 5.75 Å². The van der Waals surface area contributed by atoms with Crippen LogP contribution in [0.15, 0.2) is 24.3 Å². The van der Waals surface area contributed by atoms with Gasteiger partial charge in [0.05, 0.1) is 6.10 Å². The van der Waals surface area contributed by atoms with Gasteiger partial charge in [0.1, 0.15) is 5.75 Å². The lowest BCUT2D eigenvalue weighted by molar-refractivity contribution is 0.188. The summed E-state index contributed by atoms with van der Waals surface area (Å²) in [6.07, 6.45) is 3.20. The number of hydrogen-bond acceptors (Lipinski definition) is 2. The molecule has 2 N–H and O–H groups in total. The van der Waals surface area contributed by atoms with Crippen molar-refractivity contribution in [2.75, 3.05) is 6.54 Å². The minimum atomic E-state index is 0.252. The lowest BCUT2D eigenvalue weighted by Gasteiger charge is -2.18. The van der Waals surface area contributed by atoms with Crippen molar-refractivity contribution in [2.24, 2.45) is 5.73 Å². The zero-order chi connectivity index (χ0) is 11.1. The molecule has 0 aromatic heterocycles. The van der Waals surface area contributed by atoms with E-state index in [2.05, 4.69) is 26.0 Å². The summed E-state index contributed by atoms with van der Waals surface area (Å²) in [7, 11) is 0. The Balaban J connectivity index is 2.69. The van der Waals surface area contributed by atoms with E-state index in [4.69, 9.17) is 10.5 Å². The summed E-state index contributed by atoms with van der Waals surface area (Å²) in [4.78, 5) is 0. The molecule has 1 aromatic rings. The van der Waals surface area contributed by atoms with Crippen LogP contribution < -0.4 is 10.5 Å². The number of ether oxygens (including phenoxy) is 1.